The number of rotatable bonds is 5. The highest BCUT2D eigenvalue weighted by Gasteiger charge is 1.97. The van der Waals surface area contributed by atoms with Crippen molar-refractivity contribution >= 4 is 28.1 Å². The lowest BCUT2D eigenvalue weighted by Gasteiger charge is -2.00. The van der Waals surface area contributed by atoms with Crippen LogP contribution in [-0.2, 0) is 9.53 Å². The van der Waals surface area contributed by atoms with Crippen LogP contribution in [0.15, 0.2) is 10.7 Å². The summed E-state index contributed by atoms with van der Waals surface area (Å²) in [7, 11) is 0. The second-order valence-corrected chi connectivity index (χ2v) is 2.78. The van der Waals surface area contributed by atoms with E-state index in [-0.39, 0.29) is 12.5 Å². The van der Waals surface area contributed by atoms with E-state index >= 15 is 0 Å². The zero-order chi connectivity index (χ0) is 9.40. The molecule has 68 valence electrons. The van der Waals surface area contributed by atoms with Gasteiger partial charge in [0.25, 0.3) is 0 Å². The molecule has 0 aromatic heterocycles. The van der Waals surface area contributed by atoms with Crippen molar-refractivity contribution in [3.05, 3.63) is 10.7 Å². The fraction of sp³-hybridized carbons (Fsp3) is 0.429. The second kappa shape index (κ2) is 6.84. The minimum atomic E-state index is -0.306. The molecule has 12 heavy (non-hydrogen) atoms. The van der Waals surface area contributed by atoms with E-state index in [1.807, 2.05) is 0 Å². The number of allylic oxidation sites excluding steroid dienone is 1. The predicted molar refractivity (Wildman–Crippen MR) is 50.4 cm³/mol. The maximum absolute atomic E-state index is 10.7. The minimum absolute atomic E-state index is 0.122. The molecule has 5 heteroatoms. The van der Waals surface area contributed by atoms with E-state index in [1.54, 1.807) is 6.92 Å². The second-order valence-electron chi connectivity index (χ2n) is 1.86. The summed E-state index contributed by atoms with van der Waals surface area (Å²) in [6.45, 7) is 2.26. The van der Waals surface area contributed by atoms with Crippen molar-refractivity contribution in [3.8, 4) is 0 Å². The van der Waals surface area contributed by atoms with Gasteiger partial charge in [-0.25, -0.2) is 0 Å². The SMILES string of the molecule is CCOC(=O)CN/C=C(/Br)C=N. The Kier molecular flexibility index (Phi) is 6.37. The summed E-state index contributed by atoms with van der Waals surface area (Å²) in [6.07, 6.45) is 2.64. The van der Waals surface area contributed by atoms with Crippen molar-refractivity contribution in [2.24, 2.45) is 0 Å². The summed E-state index contributed by atoms with van der Waals surface area (Å²) in [6, 6.07) is 0. The van der Waals surface area contributed by atoms with Crippen molar-refractivity contribution in [2.45, 2.75) is 6.92 Å². The van der Waals surface area contributed by atoms with E-state index in [0.717, 1.165) is 6.21 Å². The molecule has 0 aromatic carbocycles. The van der Waals surface area contributed by atoms with Crippen LogP contribution in [0, 0.1) is 5.41 Å². The highest BCUT2D eigenvalue weighted by Crippen LogP contribution is 1.96. The van der Waals surface area contributed by atoms with Gasteiger partial charge in [-0.1, -0.05) is 0 Å². The summed E-state index contributed by atoms with van der Waals surface area (Å²) in [4.78, 5) is 10.7. The third-order valence-corrected chi connectivity index (χ3v) is 1.39. The van der Waals surface area contributed by atoms with Gasteiger partial charge in [-0.05, 0) is 22.9 Å². The number of nitrogens with one attached hydrogen (secondary N) is 2. The predicted octanol–water partition coefficient (Wildman–Crippen LogP) is 1.02. The first-order valence-electron chi connectivity index (χ1n) is 3.45. The van der Waals surface area contributed by atoms with Crippen LogP contribution >= 0.6 is 15.9 Å². The average Bonchev–Trinajstić information content (AvgIpc) is 2.04. The largest absolute Gasteiger partial charge is 0.465 e. The van der Waals surface area contributed by atoms with Crippen LogP contribution in [0.3, 0.4) is 0 Å². The Morgan fingerprint density at radius 2 is 2.42 bits per heavy atom. The lowest BCUT2D eigenvalue weighted by molar-refractivity contribution is -0.141. The first kappa shape index (κ1) is 11.2. The van der Waals surface area contributed by atoms with Gasteiger partial charge in [-0.3, -0.25) is 4.79 Å². The topological polar surface area (TPSA) is 62.2 Å². The normalized spacial score (nSPS) is 10.7. The third kappa shape index (κ3) is 5.91. The van der Waals surface area contributed by atoms with E-state index in [2.05, 4.69) is 26.0 Å². The van der Waals surface area contributed by atoms with Crippen LogP contribution in [0.25, 0.3) is 0 Å². The van der Waals surface area contributed by atoms with Gasteiger partial charge in [0.05, 0.1) is 11.1 Å². The van der Waals surface area contributed by atoms with Crippen LogP contribution in [0.1, 0.15) is 6.92 Å². The Hall–Kier alpha value is -0.840. The average molecular weight is 235 g/mol. The zero-order valence-electron chi connectivity index (χ0n) is 6.76. The number of halogens is 1. The number of hydrogen-bond acceptors (Lipinski definition) is 4. The van der Waals surface area contributed by atoms with E-state index in [1.165, 1.54) is 6.20 Å². The van der Waals surface area contributed by atoms with E-state index < -0.39 is 0 Å². The van der Waals surface area contributed by atoms with Crippen LogP contribution in [0.5, 0.6) is 0 Å². The maximum Gasteiger partial charge on any atom is 0.325 e. The van der Waals surface area contributed by atoms with Crippen molar-refractivity contribution in [3.63, 3.8) is 0 Å². The molecule has 0 saturated heterocycles. The molecule has 0 radical (unpaired) electrons. The smallest absolute Gasteiger partial charge is 0.325 e. The monoisotopic (exact) mass is 234 g/mol. The Morgan fingerprint density at radius 3 is 2.92 bits per heavy atom. The molecular formula is C7H11BrN2O2. The molecule has 0 amide bonds. The first-order chi connectivity index (χ1) is 5.70. The molecular weight excluding hydrogens is 224 g/mol. The highest BCUT2D eigenvalue weighted by molar-refractivity contribution is 9.12. The van der Waals surface area contributed by atoms with E-state index in [0.29, 0.717) is 11.1 Å². The molecule has 0 fully saturated rings. The van der Waals surface area contributed by atoms with Gasteiger partial charge in [0.2, 0.25) is 0 Å². The van der Waals surface area contributed by atoms with Crippen molar-refractivity contribution in [1.82, 2.24) is 5.32 Å². The quantitative estimate of drug-likeness (QED) is 0.552. The fourth-order valence-electron chi connectivity index (χ4n) is 0.486. The Morgan fingerprint density at radius 1 is 1.75 bits per heavy atom. The number of ether oxygens (including phenoxy) is 1. The van der Waals surface area contributed by atoms with Gasteiger partial charge >= 0.3 is 5.97 Å². The Labute approximate surface area is 79.6 Å². The molecule has 0 unspecified atom stereocenters. The number of carbonyl (C=O) groups excluding carboxylic acids is 1. The molecule has 0 aliphatic heterocycles. The molecule has 0 aliphatic rings. The van der Waals surface area contributed by atoms with Crippen molar-refractivity contribution in [1.29, 1.82) is 5.41 Å². The van der Waals surface area contributed by atoms with E-state index in [9.17, 15) is 4.79 Å². The number of esters is 1. The lowest BCUT2D eigenvalue weighted by Crippen LogP contribution is -2.20. The lowest BCUT2D eigenvalue weighted by atomic mass is 10.6. The molecule has 0 aliphatic carbocycles. The Balaban J connectivity index is 3.55. The molecule has 0 spiro atoms. The van der Waals surface area contributed by atoms with Gasteiger partial charge in [0.15, 0.2) is 0 Å². The minimum Gasteiger partial charge on any atom is -0.465 e. The number of carbonyl (C=O) groups is 1. The van der Waals surface area contributed by atoms with Crippen molar-refractivity contribution < 1.29 is 9.53 Å². The van der Waals surface area contributed by atoms with Crippen LogP contribution in [-0.4, -0.2) is 25.3 Å². The van der Waals surface area contributed by atoms with Gasteiger partial charge in [-0.15, -0.1) is 0 Å². The molecule has 0 rings (SSSR count). The third-order valence-electron chi connectivity index (χ3n) is 0.930. The molecule has 0 bridgehead atoms. The summed E-state index contributed by atoms with van der Waals surface area (Å²) in [5.74, 6) is -0.306. The maximum atomic E-state index is 10.7. The summed E-state index contributed by atoms with van der Waals surface area (Å²) in [5, 5.41) is 9.47. The Bertz CT molecular complexity index is 192. The van der Waals surface area contributed by atoms with Crippen LogP contribution in [0.2, 0.25) is 0 Å². The van der Waals surface area contributed by atoms with Crippen LogP contribution in [0.4, 0.5) is 0 Å². The molecule has 0 saturated carbocycles. The van der Waals surface area contributed by atoms with Gasteiger partial charge < -0.3 is 15.5 Å². The van der Waals surface area contributed by atoms with Gasteiger partial charge in [-0.2, -0.15) is 0 Å². The summed E-state index contributed by atoms with van der Waals surface area (Å²) in [5.41, 5.74) is 0. The summed E-state index contributed by atoms with van der Waals surface area (Å²) >= 11 is 3.07. The van der Waals surface area contributed by atoms with E-state index in [4.69, 9.17) is 5.41 Å². The van der Waals surface area contributed by atoms with Gasteiger partial charge in [0, 0.05) is 12.4 Å². The molecule has 2 N–H and O–H groups in total. The molecule has 0 atom stereocenters. The highest BCUT2D eigenvalue weighted by atomic mass is 79.9. The molecule has 0 heterocycles. The molecule has 0 aromatic rings. The zero-order valence-corrected chi connectivity index (χ0v) is 8.35. The van der Waals surface area contributed by atoms with Gasteiger partial charge in [0.1, 0.15) is 6.54 Å². The molecule has 4 nitrogen and oxygen atoms in total. The van der Waals surface area contributed by atoms with Crippen molar-refractivity contribution in [2.75, 3.05) is 13.2 Å². The summed E-state index contributed by atoms with van der Waals surface area (Å²) < 4.78 is 5.23. The first-order valence-corrected chi connectivity index (χ1v) is 4.25. The number of hydrogen-bond donors (Lipinski definition) is 2. The van der Waals surface area contributed by atoms with Crippen LogP contribution < -0.4 is 5.32 Å². The standard InChI is InChI=1S/C7H11BrN2O2/c1-2-12-7(11)5-10-4-6(8)3-9/h3-4,9-10H,2,5H2,1H3/b6-4+,9-3?. The fourth-order valence-corrected chi connectivity index (χ4v) is 0.647.